The number of ether oxygens (including phenoxy) is 3. The second-order valence-corrected chi connectivity index (χ2v) is 8.95. The van der Waals surface area contributed by atoms with E-state index >= 15 is 0 Å². The summed E-state index contributed by atoms with van der Waals surface area (Å²) in [5, 5.41) is 0.203. The van der Waals surface area contributed by atoms with Crippen molar-refractivity contribution in [3.05, 3.63) is 82.2 Å². The number of rotatable bonds is 7. The Morgan fingerprint density at radius 3 is 2.71 bits per heavy atom. The topological polar surface area (TPSA) is 113 Å². The molecule has 10 nitrogen and oxygen atoms in total. The Morgan fingerprint density at radius 1 is 1.18 bits per heavy atom. The highest BCUT2D eigenvalue weighted by atomic mass is 16.5. The average Bonchev–Trinajstić information content (AvgIpc) is 3.44. The molecule has 5 rings (SSSR count). The lowest BCUT2D eigenvalue weighted by molar-refractivity contribution is -0.124. The molecule has 3 aromatic heterocycles. The van der Waals surface area contributed by atoms with E-state index in [1.807, 2.05) is 6.07 Å². The Morgan fingerprint density at radius 2 is 1.97 bits per heavy atom. The molecule has 38 heavy (non-hydrogen) atoms. The van der Waals surface area contributed by atoms with Gasteiger partial charge in [0.2, 0.25) is 0 Å². The number of pyridine rings is 2. The fourth-order valence-electron chi connectivity index (χ4n) is 4.47. The average molecular weight is 517 g/mol. The van der Waals surface area contributed by atoms with Gasteiger partial charge in [0.1, 0.15) is 22.6 Å². The van der Waals surface area contributed by atoms with Gasteiger partial charge in [-0.1, -0.05) is 24.3 Å². The van der Waals surface area contributed by atoms with Crippen LogP contribution >= 0.6 is 0 Å². The van der Waals surface area contributed by atoms with Crippen LogP contribution in [0.25, 0.3) is 16.7 Å². The van der Waals surface area contributed by atoms with Crippen LogP contribution in [0.1, 0.15) is 37.0 Å². The van der Waals surface area contributed by atoms with Crippen molar-refractivity contribution in [1.29, 1.82) is 0 Å². The number of hydrogen-bond donors (Lipinski definition) is 0. The molecule has 4 heterocycles. The molecule has 0 spiro atoms. The Labute approximate surface area is 218 Å². The number of hydrogen-bond acceptors (Lipinski definition) is 7. The third kappa shape index (κ3) is 5.08. The van der Waals surface area contributed by atoms with Crippen molar-refractivity contribution < 1.29 is 23.8 Å². The minimum Gasteiger partial charge on any atom is -0.481 e. The van der Waals surface area contributed by atoms with Crippen molar-refractivity contribution in [3.8, 4) is 5.75 Å². The first-order valence-electron chi connectivity index (χ1n) is 12.6. The van der Waals surface area contributed by atoms with Crippen molar-refractivity contribution in [2.24, 2.45) is 4.99 Å². The number of fused-ring (bicyclic) bond motifs is 2. The van der Waals surface area contributed by atoms with Gasteiger partial charge in [-0.3, -0.25) is 14.0 Å². The maximum atomic E-state index is 13.5. The lowest BCUT2D eigenvalue weighted by atomic mass is 10.2. The van der Waals surface area contributed by atoms with Crippen molar-refractivity contribution in [2.75, 3.05) is 13.2 Å². The highest BCUT2D eigenvalue weighted by Gasteiger charge is 2.24. The Hall–Kier alpha value is -4.31. The SMILES string of the molecule is CCOC(=O)c1cc2c(=O)n3ccccc3nc2n(C[C@@H]2CCCO2)c1=NC(=O)[C@@H](C)Oc1ccccc1. The number of carbonyl (C=O) groups is 2. The van der Waals surface area contributed by atoms with Gasteiger partial charge in [0, 0.05) is 12.8 Å². The molecule has 2 atom stereocenters. The van der Waals surface area contributed by atoms with Crippen LogP contribution in [0, 0.1) is 0 Å². The van der Waals surface area contributed by atoms with E-state index < -0.39 is 18.0 Å². The second kappa shape index (κ2) is 11.0. The van der Waals surface area contributed by atoms with Crippen LogP contribution in [-0.4, -0.2) is 51.2 Å². The summed E-state index contributed by atoms with van der Waals surface area (Å²) >= 11 is 0. The van der Waals surface area contributed by atoms with Gasteiger partial charge in [-0.05, 0) is 57.0 Å². The predicted octanol–water partition coefficient (Wildman–Crippen LogP) is 2.90. The fraction of sp³-hybridized carbons (Fsp3) is 0.321. The monoisotopic (exact) mass is 516 g/mol. The van der Waals surface area contributed by atoms with Crippen molar-refractivity contribution >= 4 is 28.6 Å². The highest BCUT2D eigenvalue weighted by molar-refractivity contribution is 5.94. The smallest absolute Gasteiger partial charge is 0.341 e. The molecule has 1 saturated heterocycles. The summed E-state index contributed by atoms with van der Waals surface area (Å²) in [5.41, 5.74) is 0.413. The number of benzene rings is 1. The minimum absolute atomic E-state index is 0.00705. The zero-order valence-corrected chi connectivity index (χ0v) is 21.2. The normalized spacial score (nSPS) is 16.6. The molecule has 1 aliphatic heterocycles. The van der Waals surface area contributed by atoms with E-state index in [1.54, 1.807) is 67.1 Å². The maximum Gasteiger partial charge on any atom is 0.341 e. The number of nitrogens with zero attached hydrogens (tertiary/aromatic N) is 4. The molecule has 1 amide bonds. The van der Waals surface area contributed by atoms with Gasteiger partial charge in [0.25, 0.3) is 11.5 Å². The molecule has 1 fully saturated rings. The Balaban J connectivity index is 1.75. The van der Waals surface area contributed by atoms with Crippen LogP contribution in [0.3, 0.4) is 0 Å². The molecule has 0 aliphatic carbocycles. The molecular formula is C28H28N4O6. The van der Waals surface area contributed by atoms with E-state index in [1.165, 1.54) is 10.5 Å². The molecule has 10 heteroatoms. The molecule has 1 aliphatic rings. The van der Waals surface area contributed by atoms with Gasteiger partial charge in [0.15, 0.2) is 11.6 Å². The molecule has 0 saturated carbocycles. The molecule has 0 radical (unpaired) electrons. The summed E-state index contributed by atoms with van der Waals surface area (Å²) < 4.78 is 20.0. The zero-order chi connectivity index (χ0) is 26.6. The first kappa shape index (κ1) is 25.3. The van der Waals surface area contributed by atoms with E-state index in [0.29, 0.717) is 23.7 Å². The molecule has 196 valence electrons. The van der Waals surface area contributed by atoms with E-state index in [4.69, 9.17) is 19.2 Å². The van der Waals surface area contributed by atoms with Crippen LogP contribution in [0.2, 0.25) is 0 Å². The van der Waals surface area contributed by atoms with Crippen LogP contribution in [-0.2, 0) is 20.8 Å². The standard InChI is InChI=1S/C28H28N4O6/c1-3-36-28(35)22-16-21-24(29-23-13-7-8-14-31(23)27(21)34)32(17-20-12-9-15-37-20)25(22)30-26(33)18(2)38-19-10-5-4-6-11-19/h4-8,10-11,13-14,16,18,20H,3,9,12,15,17H2,1-2H3/t18-,20+/m1/s1. The quantitative estimate of drug-likeness (QED) is 0.274. The van der Waals surface area contributed by atoms with Crippen molar-refractivity contribution in [3.63, 3.8) is 0 Å². The van der Waals surface area contributed by atoms with Crippen LogP contribution < -0.4 is 15.8 Å². The number of aromatic nitrogens is 3. The van der Waals surface area contributed by atoms with Gasteiger partial charge in [-0.15, -0.1) is 0 Å². The minimum atomic E-state index is -0.936. The van der Waals surface area contributed by atoms with E-state index in [2.05, 4.69) is 4.99 Å². The molecule has 4 aromatic rings. The molecule has 0 bridgehead atoms. The van der Waals surface area contributed by atoms with Crippen molar-refractivity contribution in [1.82, 2.24) is 14.0 Å². The summed E-state index contributed by atoms with van der Waals surface area (Å²) in [6.45, 7) is 4.23. The van der Waals surface area contributed by atoms with Gasteiger partial charge < -0.3 is 18.8 Å². The zero-order valence-electron chi connectivity index (χ0n) is 21.2. The predicted molar refractivity (Wildman–Crippen MR) is 139 cm³/mol. The summed E-state index contributed by atoms with van der Waals surface area (Å²) in [6.07, 6.45) is 2.15. The number of carbonyl (C=O) groups excluding carboxylic acids is 2. The third-order valence-electron chi connectivity index (χ3n) is 6.32. The van der Waals surface area contributed by atoms with Gasteiger partial charge in [-0.25, -0.2) is 9.78 Å². The summed E-state index contributed by atoms with van der Waals surface area (Å²) in [4.78, 5) is 48.9. The molecular weight excluding hydrogens is 488 g/mol. The van der Waals surface area contributed by atoms with Crippen LogP contribution in [0.4, 0.5) is 0 Å². The van der Waals surface area contributed by atoms with E-state index in [0.717, 1.165) is 12.8 Å². The van der Waals surface area contributed by atoms with Gasteiger partial charge >= 0.3 is 5.97 Å². The van der Waals surface area contributed by atoms with Crippen molar-refractivity contribution in [2.45, 2.75) is 45.4 Å². The molecule has 1 aromatic carbocycles. The lowest BCUT2D eigenvalue weighted by Gasteiger charge is -2.18. The Bertz CT molecular complexity index is 1620. The summed E-state index contributed by atoms with van der Waals surface area (Å²) in [7, 11) is 0. The first-order valence-corrected chi connectivity index (χ1v) is 12.6. The summed E-state index contributed by atoms with van der Waals surface area (Å²) in [6, 6.07) is 15.6. The first-order chi connectivity index (χ1) is 18.5. The second-order valence-electron chi connectivity index (χ2n) is 8.95. The highest BCUT2D eigenvalue weighted by Crippen LogP contribution is 2.18. The summed E-state index contributed by atoms with van der Waals surface area (Å²) in [5.74, 6) is -0.783. The Kier molecular flexibility index (Phi) is 7.32. The number of para-hydroxylation sites is 1. The van der Waals surface area contributed by atoms with E-state index in [-0.39, 0.29) is 41.3 Å². The van der Waals surface area contributed by atoms with Gasteiger partial charge in [0.05, 0.1) is 24.6 Å². The third-order valence-corrected chi connectivity index (χ3v) is 6.32. The molecule has 0 N–H and O–H groups in total. The maximum absolute atomic E-state index is 13.5. The van der Waals surface area contributed by atoms with Crippen LogP contribution in [0.5, 0.6) is 5.75 Å². The molecule has 0 unspecified atom stereocenters. The fourth-order valence-corrected chi connectivity index (χ4v) is 4.47. The van der Waals surface area contributed by atoms with E-state index in [9.17, 15) is 14.4 Å². The van der Waals surface area contributed by atoms with Gasteiger partial charge in [-0.2, -0.15) is 4.99 Å². The lowest BCUT2D eigenvalue weighted by Crippen LogP contribution is -2.36. The number of amides is 1. The number of esters is 1. The largest absolute Gasteiger partial charge is 0.481 e. The van der Waals surface area contributed by atoms with Crippen LogP contribution in [0.15, 0.2) is 70.6 Å².